The minimum Gasteiger partial charge on any atom is -0.496 e. The van der Waals surface area contributed by atoms with Crippen molar-refractivity contribution in [2.24, 2.45) is 0 Å². The number of methoxy groups -OCH3 is 1. The largest absolute Gasteiger partial charge is 0.496 e. The summed E-state index contributed by atoms with van der Waals surface area (Å²) in [6, 6.07) is 15.3. The van der Waals surface area contributed by atoms with E-state index in [-0.39, 0.29) is 30.7 Å². The van der Waals surface area contributed by atoms with E-state index in [1.54, 1.807) is 48.7 Å². The average molecular weight is 628 g/mol. The summed E-state index contributed by atoms with van der Waals surface area (Å²) in [5.41, 5.74) is 5.19. The van der Waals surface area contributed by atoms with E-state index in [0.29, 0.717) is 57.2 Å². The Hall–Kier alpha value is -5.29. The number of nitrogens with one attached hydrogen (secondary N) is 2. The van der Waals surface area contributed by atoms with Gasteiger partial charge in [-0.05, 0) is 60.4 Å². The molecule has 1 saturated heterocycles. The van der Waals surface area contributed by atoms with Crippen molar-refractivity contribution < 1.29 is 29.0 Å². The number of carboxylic acid groups (broad SMARTS) is 1. The van der Waals surface area contributed by atoms with E-state index in [2.05, 4.69) is 20.6 Å². The van der Waals surface area contributed by atoms with Gasteiger partial charge in [0.2, 0.25) is 5.91 Å². The number of anilines is 1. The van der Waals surface area contributed by atoms with Crippen molar-refractivity contribution in [1.29, 1.82) is 0 Å². The highest BCUT2D eigenvalue weighted by Gasteiger charge is 2.25. The molecule has 1 unspecified atom stereocenters. The number of ether oxygens (including phenoxy) is 1. The SMILES string of the molecule is COc1cc(-c2nccc(-c3cccc(NC(=O)c4ccc(CN(CC5CCC(=O)N5)C(=O)O)cn4)c3C)c2Cl)ccc1C=O. The molecule has 0 aliphatic carbocycles. The van der Waals surface area contributed by atoms with Gasteiger partial charge in [0.1, 0.15) is 11.4 Å². The number of amides is 3. The van der Waals surface area contributed by atoms with Gasteiger partial charge < -0.3 is 25.4 Å². The minimum absolute atomic E-state index is 0.0699. The number of aldehydes is 1. The van der Waals surface area contributed by atoms with Crippen molar-refractivity contribution in [2.45, 2.75) is 32.4 Å². The molecule has 3 N–H and O–H groups in total. The molecule has 0 radical (unpaired) electrons. The number of hydrogen-bond acceptors (Lipinski definition) is 7. The zero-order valence-electron chi connectivity index (χ0n) is 24.5. The third kappa shape index (κ3) is 6.94. The van der Waals surface area contributed by atoms with Gasteiger partial charge in [-0.1, -0.05) is 35.9 Å². The molecule has 1 aliphatic heterocycles. The molecule has 1 aliphatic rings. The number of carbonyl (C=O) groups excluding carboxylic acids is 3. The minimum atomic E-state index is -1.11. The van der Waals surface area contributed by atoms with Gasteiger partial charge in [-0.3, -0.25) is 24.4 Å². The third-order valence-electron chi connectivity index (χ3n) is 7.62. The number of nitrogens with zero attached hydrogens (tertiary/aromatic N) is 3. The second kappa shape index (κ2) is 13.6. The van der Waals surface area contributed by atoms with Crippen LogP contribution in [0.25, 0.3) is 22.4 Å². The molecule has 0 bridgehead atoms. The maximum absolute atomic E-state index is 13.1. The predicted molar refractivity (Wildman–Crippen MR) is 169 cm³/mol. The predicted octanol–water partition coefficient (Wildman–Crippen LogP) is 5.60. The Bertz CT molecular complexity index is 1780. The van der Waals surface area contributed by atoms with Gasteiger partial charge >= 0.3 is 6.09 Å². The number of aromatic nitrogens is 2. The van der Waals surface area contributed by atoms with Crippen LogP contribution in [0.15, 0.2) is 67.0 Å². The molecule has 5 rings (SSSR count). The van der Waals surface area contributed by atoms with E-state index in [4.69, 9.17) is 16.3 Å². The Labute approximate surface area is 264 Å². The van der Waals surface area contributed by atoms with Crippen LogP contribution in [0.4, 0.5) is 10.5 Å². The Kier molecular flexibility index (Phi) is 9.39. The van der Waals surface area contributed by atoms with Gasteiger partial charge in [0.25, 0.3) is 5.91 Å². The van der Waals surface area contributed by atoms with Crippen LogP contribution in [-0.4, -0.2) is 63.9 Å². The van der Waals surface area contributed by atoms with Crippen molar-refractivity contribution >= 4 is 41.5 Å². The van der Waals surface area contributed by atoms with Gasteiger partial charge in [-0.25, -0.2) is 4.79 Å². The molecular weight excluding hydrogens is 598 g/mol. The normalized spacial score (nSPS) is 14.0. The van der Waals surface area contributed by atoms with Gasteiger partial charge in [-0.2, -0.15) is 0 Å². The molecule has 230 valence electrons. The van der Waals surface area contributed by atoms with Crippen molar-refractivity contribution in [2.75, 3.05) is 19.0 Å². The number of pyridine rings is 2. The fourth-order valence-electron chi connectivity index (χ4n) is 5.22. The zero-order chi connectivity index (χ0) is 32.1. The van der Waals surface area contributed by atoms with E-state index < -0.39 is 12.0 Å². The van der Waals surface area contributed by atoms with Gasteiger partial charge in [0.15, 0.2) is 6.29 Å². The summed E-state index contributed by atoms with van der Waals surface area (Å²) in [5, 5.41) is 15.7. The molecule has 12 heteroatoms. The van der Waals surface area contributed by atoms with Crippen LogP contribution in [0.2, 0.25) is 5.02 Å². The number of hydrogen-bond donors (Lipinski definition) is 3. The van der Waals surface area contributed by atoms with Crippen LogP contribution in [0.3, 0.4) is 0 Å². The van der Waals surface area contributed by atoms with E-state index in [1.807, 2.05) is 13.0 Å². The Morgan fingerprint density at radius 3 is 2.64 bits per heavy atom. The second-order valence-electron chi connectivity index (χ2n) is 10.5. The lowest BCUT2D eigenvalue weighted by atomic mass is 9.97. The molecule has 2 aromatic heterocycles. The van der Waals surface area contributed by atoms with Crippen LogP contribution in [0.1, 0.15) is 44.8 Å². The number of halogens is 1. The lowest BCUT2D eigenvalue weighted by Gasteiger charge is -2.22. The van der Waals surface area contributed by atoms with E-state index >= 15 is 0 Å². The summed E-state index contributed by atoms with van der Waals surface area (Å²) in [6.07, 6.45) is 3.69. The van der Waals surface area contributed by atoms with Crippen LogP contribution >= 0.6 is 11.6 Å². The summed E-state index contributed by atoms with van der Waals surface area (Å²) in [4.78, 5) is 57.7. The smallest absolute Gasteiger partial charge is 0.407 e. The summed E-state index contributed by atoms with van der Waals surface area (Å²) in [7, 11) is 1.48. The van der Waals surface area contributed by atoms with Gasteiger partial charge in [-0.15, -0.1) is 0 Å². The highest BCUT2D eigenvalue weighted by atomic mass is 35.5. The van der Waals surface area contributed by atoms with E-state index in [0.717, 1.165) is 17.4 Å². The van der Waals surface area contributed by atoms with Crippen LogP contribution < -0.4 is 15.4 Å². The van der Waals surface area contributed by atoms with Crippen LogP contribution in [-0.2, 0) is 11.3 Å². The summed E-state index contributed by atoms with van der Waals surface area (Å²) in [6.45, 7) is 2.11. The van der Waals surface area contributed by atoms with Crippen LogP contribution in [0.5, 0.6) is 5.75 Å². The first-order valence-corrected chi connectivity index (χ1v) is 14.5. The lowest BCUT2D eigenvalue weighted by molar-refractivity contribution is -0.119. The highest BCUT2D eigenvalue weighted by molar-refractivity contribution is 6.35. The standard InChI is InChI=1S/C33H30ClN5O6/c1-19-24(25-12-13-35-31(30(25)34)21-7-8-22(18-40)28(14-21)45-2)4-3-5-26(19)38-32(42)27-10-6-20(15-36-27)16-39(33(43)44)17-23-9-11-29(41)37-23/h3-8,10,12-15,18,23H,9,11,16-17H2,1-2H3,(H,37,41)(H,38,42)(H,43,44). The average Bonchev–Trinajstić information content (AvgIpc) is 3.46. The van der Waals surface area contributed by atoms with Crippen molar-refractivity contribution in [3.8, 4) is 28.1 Å². The monoisotopic (exact) mass is 627 g/mol. The van der Waals surface area contributed by atoms with E-state index in [9.17, 15) is 24.3 Å². The van der Waals surface area contributed by atoms with Gasteiger partial charge in [0.05, 0.1) is 29.9 Å². The Balaban J connectivity index is 1.32. The maximum Gasteiger partial charge on any atom is 0.407 e. The lowest BCUT2D eigenvalue weighted by Crippen LogP contribution is -2.40. The number of carbonyl (C=O) groups is 4. The van der Waals surface area contributed by atoms with Crippen molar-refractivity contribution in [3.05, 3.63) is 94.4 Å². The van der Waals surface area contributed by atoms with Crippen molar-refractivity contribution in [3.63, 3.8) is 0 Å². The van der Waals surface area contributed by atoms with Crippen LogP contribution in [0, 0.1) is 6.92 Å². The second-order valence-corrected chi connectivity index (χ2v) is 10.9. The molecule has 11 nitrogen and oxygen atoms in total. The summed E-state index contributed by atoms with van der Waals surface area (Å²) < 4.78 is 5.34. The first-order valence-electron chi connectivity index (χ1n) is 14.1. The zero-order valence-corrected chi connectivity index (χ0v) is 25.3. The molecule has 4 aromatic rings. The quantitative estimate of drug-likeness (QED) is 0.192. The molecule has 3 amide bonds. The summed E-state index contributed by atoms with van der Waals surface area (Å²) in [5.74, 6) is -0.110. The molecule has 2 aromatic carbocycles. The first kappa shape index (κ1) is 31.1. The Morgan fingerprint density at radius 1 is 1.16 bits per heavy atom. The topological polar surface area (TPSA) is 151 Å². The molecule has 1 fully saturated rings. The third-order valence-corrected chi connectivity index (χ3v) is 8.00. The number of benzene rings is 2. The highest BCUT2D eigenvalue weighted by Crippen LogP contribution is 2.39. The molecule has 0 saturated carbocycles. The fourth-order valence-corrected chi connectivity index (χ4v) is 5.54. The molecule has 1 atom stereocenters. The van der Waals surface area contributed by atoms with Gasteiger partial charge in [0, 0.05) is 48.2 Å². The van der Waals surface area contributed by atoms with E-state index in [1.165, 1.54) is 24.3 Å². The first-order chi connectivity index (χ1) is 21.7. The summed E-state index contributed by atoms with van der Waals surface area (Å²) >= 11 is 6.87. The molecule has 0 spiro atoms. The Morgan fingerprint density at radius 2 is 1.98 bits per heavy atom. The number of rotatable bonds is 10. The van der Waals surface area contributed by atoms with Crippen molar-refractivity contribution in [1.82, 2.24) is 20.2 Å². The molecule has 45 heavy (non-hydrogen) atoms. The maximum atomic E-state index is 13.1. The molecule has 3 heterocycles. The molecular formula is C33H30ClN5O6. The fraction of sp³-hybridized carbons (Fsp3) is 0.212.